The van der Waals surface area contributed by atoms with Crippen LogP contribution in [-0.2, 0) is 9.53 Å². The number of aryl methyl sites for hydroxylation is 1. The van der Waals surface area contributed by atoms with Crippen molar-refractivity contribution < 1.29 is 19.1 Å². The highest BCUT2D eigenvalue weighted by molar-refractivity contribution is 7.21. The Morgan fingerprint density at radius 3 is 2.62 bits per heavy atom. The maximum atomic E-state index is 13.0. The Morgan fingerprint density at radius 1 is 1.06 bits per heavy atom. The Balaban J connectivity index is 1.44. The summed E-state index contributed by atoms with van der Waals surface area (Å²) >= 11 is 13.7. The van der Waals surface area contributed by atoms with Crippen LogP contribution in [-0.4, -0.2) is 17.8 Å². The van der Waals surface area contributed by atoms with E-state index in [1.807, 2.05) is 25.1 Å². The van der Waals surface area contributed by atoms with Crippen LogP contribution >= 0.6 is 34.5 Å². The van der Waals surface area contributed by atoms with Gasteiger partial charge in [0.1, 0.15) is 10.6 Å². The van der Waals surface area contributed by atoms with Crippen molar-refractivity contribution in [2.75, 3.05) is 0 Å². The van der Waals surface area contributed by atoms with Crippen molar-refractivity contribution in [2.45, 2.75) is 6.92 Å². The summed E-state index contributed by atoms with van der Waals surface area (Å²) in [6, 6.07) is 19.5. The maximum absolute atomic E-state index is 13.0. The summed E-state index contributed by atoms with van der Waals surface area (Å²) in [5, 5.41) is 1.73. The second kappa shape index (κ2) is 9.06. The van der Waals surface area contributed by atoms with Crippen LogP contribution in [0.4, 0.5) is 0 Å². The van der Waals surface area contributed by atoms with Crippen molar-refractivity contribution in [1.82, 2.24) is 0 Å². The number of aliphatic imine (C=N–C) groups is 1. The molecule has 4 aromatic rings. The van der Waals surface area contributed by atoms with E-state index in [-0.39, 0.29) is 17.3 Å². The summed E-state index contributed by atoms with van der Waals surface area (Å²) in [7, 11) is 0. The topological polar surface area (TPSA) is 65.0 Å². The molecular formula is C26H15Cl2NO4S. The predicted octanol–water partition coefficient (Wildman–Crippen LogP) is 7.08. The molecule has 0 saturated carbocycles. The van der Waals surface area contributed by atoms with Crippen molar-refractivity contribution in [2.24, 2.45) is 4.99 Å². The van der Waals surface area contributed by atoms with Gasteiger partial charge in [0, 0.05) is 26.2 Å². The number of cyclic esters (lactones) is 1. The van der Waals surface area contributed by atoms with Gasteiger partial charge in [-0.25, -0.2) is 14.6 Å². The molecule has 3 aromatic carbocycles. The first kappa shape index (κ1) is 22.3. The van der Waals surface area contributed by atoms with Crippen molar-refractivity contribution in [1.29, 1.82) is 0 Å². The van der Waals surface area contributed by atoms with Crippen LogP contribution in [0.1, 0.15) is 26.4 Å². The molecule has 168 valence electrons. The minimum Gasteiger partial charge on any atom is -0.422 e. The molecular weight excluding hydrogens is 493 g/mol. The number of thiophene rings is 1. The molecule has 0 fully saturated rings. The summed E-state index contributed by atoms with van der Waals surface area (Å²) in [4.78, 5) is 30.0. The number of hydrogen-bond acceptors (Lipinski definition) is 6. The molecule has 0 amide bonds. The van der Waals surface area contributed by atoms with Crippen LogP contribution < -0.4 is 4.74 Å². The molecule has 0 unspecified atom stereocenters. The van der Waals surface area contributed by atoms with Gasteiger partial charge >= 0.3 is 11.9 Å². The van der Waals surface area contributed by atoms with Gasteiger partial charge in [-0.3, -0.25) is 0 Å². The smallest absolute Gasteiger partial charge is 0.363 e. The van der Waals surface area contributed by atoms with E-state index < -0.39 is 11.9 Å². The monoisotopic (exact) mass is 507 g/mol. The van der Waals surface area contributed by atoms with Gasteiger partial charge in [-0.2, -0.15) is 0 Å². The molecule has 2 heterocycles. The number of ether oxygens (including phenoxy) is 2. The van der Waals surface area contributed by atoms with Crippen LogP contribution in [0, 0.1) is 6.92 Å². The Kier molecular flexibility index (Phi) is 5.96. The lowest BCUT2D eigenvalue weighted by Gasteiger charge is -2.07. The zero-order chi connectivity index (χ0) is 23.8. The highest BCUT2D eigenvalue weighted by Crippen LogP contribution is 2.37. The number of carbonyl (C=O) groups excluding carboxylic acids is 2. The van der Waals surface area contributed by atoms with E-state index in [9.17, 15) is 9.59 Å². The first-order chi connectivity index (χ1) is 16.4. The fourth-order valence-electron chi connectivity index (χ4n) is 3.42. The number of fused-ring (bicyclic) bond motifs is 1. The molecule has 34 heavy (non-hydrogen) atoms. The van der Waals surface area contributed by atoms with Crippen LogP contribution in [0.2, 0.25) is 10.0 Å². The molecule has 1 aliphatic heterocycles. The summed E-state index contributed by atoms with van der Waals surface area (Å²) < 4.78 is 11.9. The van der Waals surface area contributed by atoms with Crippen LogP contribution in [0.3, 0.4) is 0 Å². The number of halogens is 2. The number of carbonyl (C=O) groups is 2. The predicted molar refractivity (Wildman–Crippen MR) is 135 cm³/mol. The van der Waals surface area contributed by atoms with Gasteiger partial charge in [0.2, 0.25) is 5.90 Å². The van der Waals surface area contributed by atoms with E-state index in [2.05, 4.69) is 4.99 Å². The average Bonchev–Trinajstić information content (AvgIpc) is 3.35. The van der Waals surface area contributed by atoms with Crippen LogP contribution in [0.5, 0.6) is 5.75 Å². The molecule has 0 radical (unpaired) electrons. The molecule has 0 aliphatic carbocycles. The molecule has 0 N–H and O–H groups in total. The largest absolute Gasteiger partial charge is 0.422 e. The first-order valence-corrected chi connectivity index (χ1v) is 11.7. The molecule has 0 bridgehead atoms. The zero-order valence-corrected chi connectivity index (χ0v) is 20.0. The lowest BCUT2D eigenvalue weighted by Crippen LogP contribution is -2.08. The van der Waals surface area contributed by atoms with Crippen molar-refractivity contribution in [3.05, 3.63) is 104 Å². The Hall–Kier alpha value is -3.45. The minimum atomic E-state index is -0.603. The second-order valence-corrected chi connectivity index (χ2v) is 9.38. The second-order valence-electron chi connectivity index (χ2n) is 7.52. The summed E-state index contributed by atoms with van der Waals surface area (Å²) in [5.74, 6) is -0.731. The molecule has 5 rings (SSSR count). The van der Waals surface area contributed by atoms with E-state index in [1.54, 1.807) is 48.5 Å². The summed E-state index contributed by atoms with van der Waals surface area (Å²) in [6.45, 7) is 1.98. The molecule has 0 atom stereocenters. The average molecular weight is 508 g/mol. The van der Waals surface area contributed by atoms with E-state index >= 15 is 0 Å². The van der Waals surface area contributed by atoms with E-state index in [4.69, 9.17) is 32.7 Å². The molecule has 1 aromatic heterocycles. The third-order valence-electron chi connectivity index (χ3n) is 5.10. The minimum absolute atomic E-state index is 0.0869. The standard InChI is InChI=1S/C26H15Cl2NO4S/c1-14-6-11-18-21(12-14)34-23(22(18)28)26(31)32-20-5-3-2-4-16(20)13-19-25(30)33-24(29-19)15-7-9-17(27)10-8-15/h2-13H,1H3/b19-13+. The van der Waals surface area contributed by atoms with Crippen molar-refractivity contribution in [3.63, 3.8) is 0 Å². The number of esters is 2. The van der Waals surface area contributed by atoms with Gasteiger partial charge in [0.05, 0.1) is 5.02 Å². The zero-order valence-electron chi connectivity index (χ0n) is 17.7. The lowest BCUT2D eigenvalue weighted by atomic mass is 10.1. The van der Waals surface area contributed by atoms with Crippen LogP contribution in [0.25, 0.3) is 16.2 Å². The number of hydrogen-bond donors (Lipinski definition) is 0. The Labute approximate surface area is 208 Å². The molecule has 1 aliphatic rings. The molecule has 5 nitrogen and oxygen atoms in total. The summed E-state index contributed by atoms with van der Waals surface area (Å²) in [5.41, 5.74) is 2.28. The molecule has 8 heteroatoms. The third-order valence-corrected chi connectivity index (χ3v) is 6.99. The fourth-order valence-corrected chi connectivity index (χ4v) is 5.02. The fraction of sp³-hybridized carbons (Fsp3) is 0.0385. The van der Waals surface area contributed by atoms with Crippen molar-refractivity contribution in [3.8, 4) is 5.75 Å². The summed E-state index contributed by atoms with van der Waals surface area (Å²) in [6.07, 6.45) is 1.52. The Morgan fingerprint density at radius 2 is 1.82 bits per heavy atom. The van der Waals surface area contributed by atoms with Crippen LogP contribution in [0.15, 0.2) is 77.4 Å². The first-order valence-electron chi connectivity index (χ1n) is 10.2. The van der Waals surface area contributed by atoms with Gasteiger partial charge in [-0.1, -0.05) is 53.5 Å². The number of rotatable bonds is 4. The van der Waals surface area contributed by atoms with E-state index in [1.165, 1.54) is 17.4 Å². The van der Waals surface area contributed by atoms with Gasteiger partial charge < -0.3 is 9.47 Å². The number of benzene rings is 3. The highest BCUT2D eigenvalue weighted by atomic mass is 35.5. The van der Waals surface area contributed by atoms with Crippen molar-refractivity contribution >= 4 is 68.5 Å². The van der Waals surface area contributed by atoms with Gasteiger partial charge in [-0.05, 0) is 55.0 Å². The quantitative estimate of drug-likeness (QED) is 0.168. The van der Waals surface area contributed by atoms with E-state index in [0.717, 1.165) is 15.6 Å². The van der Waals surface area contributed by atoms with Gasteiger partial charge in [-0.15, -0.1) is 11.3 Å². The maximum Gasteiger partial charge on any atom is 0.363 e. The highest BCUT2D eigenvalue weighted by Gasteiger charge is 2.25. The Bertz CT molecular complexity index is 1520. The molecule has 0 spiro atoms. The molecule has 0 saturated heterocycles. The van der Waals surface area contributed by atoms with E-state index in [0.29, 0.717) is 26.0 Å². The third kappa shape index (κ3) is 4.35. The number of nitrogens with zero attached hydrogens (tertiary/aromatic N) is 1. The SMILES string of the molecule is Cc1ccc2c(Cl)c(C(=O)Oc3ccccc3/C=C3/N=C(c4ccc(Cl)cc4)OC3=O)sc2c1. The van der Waals surface area contributed by atoms with Gasteiger partial charge in [0.25, 0.3) is 0 Å². The number of para-hydroxylation sites is 1. The normalized spacial score (nSPS) is 14.4. The van der Waals surface area contributed by atoms with Gasteiger partial charge in [0.15, 0.2) is 5.70 Å². The lowest BCUT2D eigenvalue weighted by molar-refractivity contribution is -0.129.